The van der Waals surface area contributed by atoms with Crippen LogP contribution in [0, 0.1) is 12.8 Å². The minimum atomic E-state index is -1.63. The first-order valence-electron chi connectivity index (χ1n) is 11.3. The first-order valence-corrected chi connectivity index (χ1v) is 11.3. The molecule has 1 saturated heterocycles. The number of aromatic nitrogens is 1. The van der Waals surface area contributed by atoms with Gasteiger partial charge in [-0.05, 0) is 25.3 Å². The van der Waals surface area contributed by atoms with Gasteiger partial charge < -0.3 is 24.2 Å². The standard InChI is InChI=1S/C24H31N3O5/c1-17-14-21(26-32-17)25-22(28)16-27(2)13-12-20(15-27)31-23(29)24(30,19-10-6-7-11-19)18-8-4-3-5-9-18/h3-5,8-9,14,19-20,30H,6-7,10-13,15-16H2,1-2H3/p+1/t20?,24-,27?/m0/s1. The third kappa shape index (κ3) is 4.71. The van der Waals surface area contributed by atoms with Crippen molar-refractivity contribution in [2.24, 2.45) is 5.92 Å². The molecule has 1 aromatic carbocycles. The molecule has 172 valence electrons. The van der Waals surface area contributed by atoms with Crippen molar-refractivity contribution < 1.29 is 28.4 Å². The van der Waals surface area contributed by atoms with Gasteiger partial charge in [0.2, 0.25) is 0 Å². The minimum absolute atomic E-state index is 0.142. The lowest BCUT2D eigenvalue weighted by atomic mass is 9.80. The molecule has 0 bridgehead atoms. The third-order valence-corrected chi connectivity index (χ3v) is 6.80. The van der Waals surface area contributed by atoms with Crippen molar-refractivity contribution in [1.29, 1.82) is 0 Å². The van der Waals surface area contributed by atoms with Crippen molar-refractivity contribution in [3.8, 4) is 0 Å². The van der Waals surface area contributed by atoms with Gasteiger partial charge >= 0.3 is 5.97 Å². The molecule has 3 atom stereocenters. The van der Waals surface area contributed by atoms with E-state index in [1.54, 1.807) is 25.1 Å². The van der Waals surface area contributed by atoms with Crippen LogP contribution in [0.15, 0.2) is 40.9 Å². The van der Waals surface area contributed by atoms with Gasteiger partial charge in [-0.15, -0.1) is 0 Å². The van der Waals surface area contributed by atoms with E-state index in [-0.39, 0.29) is 24.5 Å². The SMILES string of the molecule is Cc1cc(NC(=O)C[N+]2(C)CCC(OC(=O)[C@](O)(c3ccccc3)C3CCCC3)C2)no1. The number of likely N-dealkylation sites (tertiary alicyclic amines) is 1. The lowest BCUT2D eigenvalue weighted by Crippen LogP contribution is -2.49. The maximum atomic E-state index is 13.3. The monoisotopic (exact) mass is 442 g/mol. The van der Waals surface area contributed by atoms with Crippen LogP contribution in [-0.2, 0) is 19.9 Å². The van der Waals surface area contributed by atoms with E-state index in [2.05, 4.69) is 10.5 Å². The Bertz CT molecular complexity index is 956. The smallest absolute Gasteiger partial charge is 0.343 e. The summed E-state index contributed by atoms with van der Waals surface area (Å²) in [5.74, 6) is 0.139. The van der Waals surface area contributed by atoms with Crippen molar-refractivity contribution in [2.45, 2.75) is 50.7 Å². The Morgan fingerprint density at radius 1 is 1.25 bits per heavy atom. The molecule has 8 heteroatoms. The number of likely N-dealkylation sites (N-methyl/N-ethyl adjacent to an activating group) is 1. The maximum Gasteiger partial charge on any atom is 0.343 e. The van der Waals surface area contributed by atoms with Crippen LogP contribution in [0.3, 0.4) is 0 Å². The maximum absolute atomic E-state index is 13.3. The first kappa shape index (κ1) is 22.5. The molecule has 1 saturated carbocycles. The number of aryl methyl sites for hydroxylation is 1. The number of amides is 1. The molecule has 8 nitrogen and oxygen atoms in total. The van der Waals surface area contributed by atoms with E-state index in [9.17, 15) is 14.7 Å². The Kier molecular flexibility index (Phi) is 6.35. The van der Waals surface area contributed by atoms with Crippen molar-refractivity contribution in [1.82, 2.24) is 5.16 Å². The van der Waals surface area contributed by atoms with Crippen LogP contribution < -0.4 is 5.32 Å². The molecule has 2 fully saturated rings. The number of carbonyl (C=O) groups is 2. The van der Waals surface area contributed by atoms with Gasteiger partial charge in [-0.1, -0.05) is 48.3 Å². The van der Waals surface area contributed by atoms with E-state index in [1.165, 1.54) is 0 Å². The number of ether oxygens (including phenoxy) is 1. The average Bonchev–Trinajstić information content (AvgIpc) is 3.50. The molecule has 0 spiro atoms. The molecule has 2 unspecified atom stereocenters. The highest BCUT2D eigenvalue weighted by atomic mass is 16.6. The lowest BCUT2D eigenvalue weighted by molar-refractivity contribution is -0.890. The quantitative estimate of drug-likeness (QED) is 0.505. The number of nitrogens with one attached hydrogen (secondary N) is 1. The summed E-state index contributed by atoms with van der Waals surface area (Å²) in [6.45, 7) is 3.23. The van der Waals surface area contributed by atoms with E-state index in [4.69, 9.17) is 9.26 Å². The van der Waals surface area contributed by atoms with Crippen LogP contribution in [0.1, 0.15) is 43.4 Å². The van der Waals surface area contributed by atoms with Crippen LogP contribution >= 0.6 is 0 Å². The van der Waals surface area contributed by atoms with Crippen LogP contribution in [0.5, 0.6) is 0 Å². The number of esters is 1. The number of benzene rings is 1. The number of aliphatic hydroxyl groups is 1. The van der Waals surface area contributed by atoms with Gasteiger partial charge in [0.25, 0.3) is 5.91 Å². The number of quaternary nitrogens is 1. The van der Waals surface area contributed by atoms with Gasteiger partial charge in [0.15, 0.2) is 24.1 Å². The Labute approximate surface area is 188 Å². The highest BCUT2D eigenvalue weighted by Gasteiger charge is 2.50. The molecule has 2 heterocycles. The Balaban J connectivity index is 1.40. The molecule has 4 rings (SSSR count). The van der Waals surface area contributed by atoms with Gasteiger partial charge in [0.1, 0.15) is 12.3 Å². The second-order valence-electron chi connectivity index (χ2n) is 9.48. The van der Waals surface area contributed by atoms with E-state index in [0.29, 0.717) is 41.1 Å². The second-order valence-corrected chi connectivity index (χ2v) is 9.48. The van der Waals surface area contributed by atoms with Gasteiger partial charge in [0.05, 0.1) is 13.6 Å². The van der Waals surface area contributed by atoms with Crippen LogP contribution in [-0.4, -0.2) is 59.4 Å². The second kappa shape index (κ2) is 9.03. The average molecular weight is 443 g/mol. The summed E-state index contributed by atoms with van der Waals surface area (Å²) in [7, 11) is 1.97. The summed E-state index contributed by atoms with van der Waals surface area (Å²) in [5.41, 5.74) is -1.04. The Morgan fingerprint density at radius 3 is 2.62 bits per heavy atom. The number of hydrogen-bond donors (Lipinski definition) is 2. The number of rotatable bonds is 7. The zero-order valence-corrected chi connectivity index (χ0v) is 18.8. The van der Waals surface area contributed by atoms with Gasteiger partial charge in [-0.3, -0.25) is 4.79 Å². The number of anilines is 1. The summed E-state index contributed by atoms with van der Waals surface area (Å²) >= 11 is 0. The zero-order chi connectivity index (χ0) is 22.8. The van der Waals surface area contributed by atoms with Crippen LogP contribution in [0.4, 0.5) is 5.82 Å². The molecule has 32 heavy (non-hydrogen) atoms. The molecular weight excluding hydrogens is 410 g/mol. The third-order valence-electron chi connectivity index (χ3n) is 6.80. The molecule has 1 amide bonds. The van der Waals surface area contributed by atoms with Crippen molar-refractivity contribution in [2.75, 3.05) is 32.0 Å². The predicted molar refractivity (Wildman–Crippen MR) is 117 cm³/mol. The molecular formula is C24H32N3O5+. The van der Waals surface area contributed by atoms with E-state index in [0.717, 1.165) is 25.7 Å². The molecule has 2 N–H and O–H groups in total. The minimum Gasteiger partial charge on any atom is -0.454 e. The number of nitrogens with zero attached hydrogens (tertiary/aromatic N) is 2. The highest BCUT2D eigenvalue weighted by Crippen LogP contribution is 2.42. The number of carbonyl (C=O) groups excluding carboxylic acids is 2. The van der Waals surface area contributed by atoms with E-state index in [1.807, 2.05) is 25.2 Å². The van der Waals surface area contributed by atoms with E-state index >= 15 is 0 Å². The summed E-state index contributed by atoms with van der Waals surface area (Å²) < 4.78 is 11.3. The Hall–Kier alpha value is -2.71. The summed E-state index contributed by atoms with van der Waals surface area (Å²) in [6, 6.07) is 10.8. The predicted octanol–water partition coefficient (Wildman–Crippen LogP) is 2.76. The van der Waals surface area contributed by atoms with Gasteiger partial charge in [-0.25, -0.2) is 4.79 Å². The number of hydrogen-bond acceptors (Lipinski definition) is 6. The molecule has 2 aliphatic rings. The fourth-order valence-electron chi connectivity index (χ4n) is 5.12. The Morgan fingerprint density at radius 2 is 1.97 bits per heavy atom. The molecule has 2 aromatic rings. The van der Waals surface area contributed by atoms with Crippen LogP contribution in [0.25, 0.3) is 0 Å². The van der Waals surface area contributed by atoms with Crippen LogP contribution in [0.2, 0.25) is 0 Å². The normalized spacial score (nSPS) is 25.4. The molecule has 0 radical (unpaired) electrons. The summed E-state index contributed by atoms with van der Waals surface area (Å²) in [5, 5.41) is 18.1. The molecule has 1 aliphatic carbocycles. The van der Waals surface area contributed by atoms with Gasteiger partial charge in [0, 0.05) is 18.4 Å². The lowest BCUT2D eigenvalue weighted by Gasteiger charge is -2.33. The fraction of sp³-hybridized carbons (Fsp3) is 0.542. The largest absolute Gasteiger partial charge is 0.454 e. The van der Waals surface area contributed by atoms with Crippen molar-refractivity contribution in [3.05, 3.63) is 47.7 Å². The zero-order valence-electron chi connectivity index (χ0n) is 18.8. The fourth-order valence-corrected chi connectivity index (χ4v) is 5.12. The topological polar surface area (TPSA) is 102 Å². The van der Waals surface area contributed by atoms with Gasteiger partial charge in [-0.2, -0.15) is 0 Å². The molecule has 1 aromatic heterocycles. The summed E-state index contributed by atoms with van der Waals surface area (Å²) in [6.07, 6.45) is 3.93. The van der Waals surface area contributed by atoms with Crippen molar-refractivity contribution in [3.63, 3.8) is 0 Å². The first-order chi connectivity index (χ1) is 15.3. The highest BCUT2D eigenvalue weighted by molar-refractivity contribution is 5.90. The van der Waals surface area contributed by atoms with Crippen molar-refractivity contribution >= 4 is 17.7 Å². The van der Waals surface area contributed by atoms with E-state index < -0.39 is 11.6 Å². The molecule has 1 aliphatic heterocycles. The summed E-state index contributed by atoms with van der Waals surface area (Å²) in [4.78, 5) is 25.8.